The number of imide groups is 1. The number of carbonyl (C=O) groups excluding carboxylic acids is 1. The third kappa shape index (κ3) is 4.28. The molecule has 0 aromatic carbocycles. The Bertz CT molecular complexity index is 1010. The van der Waals surface area contributed by atoms with E-state index in [0.717, 1.165) is 12.3 Å². The fourth-order valence-electron chi connectivity index (χ4n) is 2.02. The van der Waals surface area contributed by atoms with Crippen LogP contribution in [0.25, 0.3) is 11.3 Å². The lowest BCUT2D eigenvalue weighted by Crippen LogP contribution is -2.29. The Morgan fingerprint density at radius 1 is 1.11 bits per heavy atom. The van der Waals surface area contributed by atoms with E-state index in [0.29, 0.717) is 11.3 Å². The largest absolute Gasteiger partial charge is 0.505 e. The molecule has 3 heterocycles. The highest BCUT2D eigenvalue weighted by atomic mass is 19.1. The number of aromatic hydroxyl groups is 1. The standard InChI is InChI=1S/C16H10FN5O5/c17-9-4-10(7-18-6-9)27-13-2-1-11(21-22-13)8-3-12(23)14(19-5-8)15(24)20-16(25)26/h1-7,23H,(H,20,24)(H,25,26). The Morgan fingerprint density at radius 2 is 1.93 bits per heavy atom. The van der Waals surface area contributed by atoms with Crippen molar-refractivity contribution < 1.29 is 28.9 Å². The second kappa shape index (κ2) is 7.39. The second-order valence-corrected chi connectivity index (χ2v) is 5.05. The summed E-state index contributed by atoms with van der Waals surface area (Å²) in [5.41, 5.74) is 0.172. The Hall–Kier alpha value is -4.15. The number of ether oxygens (including phenoxy) is 1. The van der Waals surface area contributed by atoms with Gasteiger partial charge >= 0.3 is 6.09 Å². The first-order chi connectivity index (χ1) is 12.9. The smallest absolute Gasteiger partial charge is 0.411 e. The summed E-state index contributed by atoms with van der Waals surface area (Å²) in [5.74, 6) is -1.93. The SMILES string of the molecule is O=C(O)NC(=O)c1ncc(-c2ccc(Oc3cncc(F)c3)nn2)cc1O. The average Bonchev–Trinajstić information content (AvgIpc) is 2.61. The summed E-state index contributed by atoms with van der Waals surface area (Å²) >= 11 is 0. The van der Waals surface area contributed by atoms with E-state index in [2.05, 4.69) is 20.2 Å². The number of pyridine rings is 2. The van der Waals surface area contributed by atoms with Gasteiger partial charge in [0.15, 0.2) is 11.4 Å². The van der Waals surface area contributed by atoms with Crippen molar-refractivity contribution in [3.63, 3.8) is 0 Å². The van der Waals surface area contributed by atoms with Gasteiger partial charge in [-0.2, -0.15) is 0 Å². The molecule has 3 aromatic heterocycles. The van der Waals surface area contributed by atoms with E-state index in [1.165, 1.54) is 30.6 Å². The summed E-state index contributed by atoms with van der Waals surface area (Å²) in [5, 5.41) is 27.7. The van der Waals surface area contributed by atoms with Crippen LogP contribution in [0, 0.1) is 5.82 Å². The van der Waals surface area contributed by atoms with Crippen molar-refractivity contribution in [3.8, 4) is 28.6 Å². The maximum Gasteiger partial charge on any atom is 0.411 e. The lowest BCUT2D eigenvalue weighted by Gasteiger charge is -2.06. The number of hydrogen-bond acceptors (Lipinski definition) is 8. The average molecular weight is 371 g/mol. The summed E-state index contributed by atoms with van der Waals surface area (Å²) in [6, 6.07) is 5.27. The maximum absolute atomic E-state index is 13.1. The molecule has 0 fully saturated rings. The number of halogens is 1. The highest BCUT2D eigenvalue weighted by molar-refractivity contribution is 6.02. The highest BCUT2D eigenvalue weighted by Crippen LogP contribution is 2.25. The fourth-order valence-corrected chi connectivity index (χ4v) is 2.02. The quantitative estimate of drug-likeness (QED) is 0.626. The fraction of sp³-hybridized carbons (Fsp3) is 0. The van der Waals surface area contributed by atoms with Gasteiger partial charge in [0.25, 0.3) is 5.91 Å². The molecule has 0 aliphatic carbocycles. The Kier molecular flexibility index (Phi) is 4.84. The number of nitrogens with one attached hydrogen (secondary N) is 1. The van der Waals surface area contributed by atoms with Crippen LogP contribution in [0.5, 0.6) is 17.4 Å². The molecule has 3 aromatic rings. The first-order valence-corrected chi connectivity index (χ1v) is 7.28. The minimum Gasteiger partial charge on any atom is -0.505 e. The summed E-state index contributed by atoms with van der Waals surface area (Å²) in [7, 11) is 0. The number of amides is 2. The Labute approximate surface area is 150 Å². The molecule has 0 unspecified atom stereocenters. The van der Waals surface area contributed by atoms with Crippen molar-refractivity contribution >= 4 is 12.0 Å². The van der Waals surface area contributed by atoms with Crippen molar-refractivity contribution in [1.29, 1.82) is 0 Å². The molecule has 0 atom stereocenters. The highest BCUT2D eigenvalue weighted by Gasteiger charge is 2.16. The van der Waals surface area contributed by atoms with Crippen LogP contribution in [0.1, 0.15) is 10.5 Å². The van der Waals surface area contributed by atoms with Gasteiger partial charge in [-0.3, -0.25) is 15.1 Å². The van der Waals surface area contributed by atoms with Crippen molar-refractivity contribution in [3.05, 3.63) is 54.4 Å². The van der Waals surface area contributed by atoms with Gasteiger partial charge in [-0.05, 0) is 12.1 Å². The molecule has 0 saturated carbocycles. The summed E-state index contributed by atoms with van der Waals surface area (Å²) in [4.78, 5) is 29.4. The van der Waals surface area contributed by atoms with Crippen molar-refractivity contribution in [1.82, 2.24) is 25.5 Å². The Morgan fingerprint density at radius 3 is 2.56 bits per heavy atom. The van der Waals surface area contributed by atoms with E-state index < -0.39 is 29.3 Å². The monoisotopic (exact) mass is 371 g/mol. The van der Waals surface area contributed by atoms with Crippen LogP contribution in [0.2, 0.25) is 0 Å². The third-order valence-corrected chi connectivity index (χ3v) is 3.14. The van der Waals surface area contributed by atoms with Crippen LogP contribution >= 0.6 is 0 Å². The Balaban J connectivity index is 1.78. The molecule has 2 amide bonds. The number of rotatable bonds is 4. The molecule has 3 rings (SSSR count). The lowest BCUT2D eigenvalue weighted by molar-refractivity contribution is 0.0940. The zero-order valence-electron chi connectivity index (χ0n) is 13.3. The first kappa shape index (κ1) is 17.7. The molecule has 11 heteroatoms. The number of aromatic nitrogens is 4. The zero-order chi connectivity index (χ0) is 19.4. The van der Waals surface area contributed by atoms with Crippen LogP contribution in [-0.4, -0.2) is 42.4 Å². The molecule has 0 spiro atoms. The van der Waals surface area contributed by atoms with Gasteiger partial charge in [0.05, 0.1) is 18.1 Å². The molecule has 0 aliphatic heterocycles. The third-order valence-electron chi connectivity index (χ3n) is 3.14. The number of carboxylic acid groups (broad SMARTS) is 1. The van der Waals surface area contributed by atoms with E-state index in [4.69, 9.17) is 9.84 Å². The predicted molar refractivity (Wildman–Crippen MR) is 86.7 cm³/mol. The molecule has 27 heavy (non-hydrogen) atoms. The summed E-state index contributed by atoms with van der Waals surface area (Å²) < 4.78 is 18.4. The topological polar surface area (TPSA) is 147 Å². The molecule has 0 aliphatic rings. The minimum absolute atomic E-state index is 0.0841. The predicted octanol–water partition coefficient (Wildman–Crippen LogP) is 1.98. The normalized spacial score (nSPS) is 10.3. The van der Waals surface area contributed by atoms with E-state index in [9.17, 15) is 19.1 Å². The minimum atomic E-state index is -1.57. The summed E-state index contributed by atoms with van der Waals surface area (Å²) in [6.07, 6.45) is 1.99. The van der Waals surface area contributed by atoms with E-state index >= 15 is 0 Å². The summed E-state index contributed by atoms with van der Waals surface area (Å²) in [6.45, 7) is 0. The van der Waals surface area contributed by atoms with Crippen LogP contribution in [0.3, 0.4) is 0 Å². The van der Waals surface area contributed by atoms with E-state index in [1.807, 2.05) is 0 Å². The maximum atomic E-state index is 13.1. The number of nitrogens with zero attached hydrogens (tertiary/aromatic N) is 4. The number of hydrogen-bond donors (Lipinski definition) is 3. The number of carbonyl (C=O) groups is 2. The van der Waals surface area contributed by atoms with Crippen molar-refractivity contribution in [2.45, 2.75) is 0 Å². The van der Waals surface area contributed by atoms with Gasteiger partial charge in [0.1, 0.15) is 11.6 Å². The molecular formula is C16H10FN5O5. The lowest BCUT2D eigenvalue weighted by atomic mass is 10.1. The van der Waals surface area contributed by atoms with Gasteiger partial charge in [-0.25, -0.2) is 14.2 Å². The molecular weight excluding hydrogens is 361 g/mol. The van der Waals surface area contributed by atoms with Gasteiger partial charge < -0.3 is 14.9 Å². The van der Waals surface area contributed by atoms with Gasteiger partial charge in [0.2, 0.25) is 5.88 Å². The molecule has 3 N–H and O–H groups in total. The van der Waals surface area contributed by atoms with Crippen LogP contribution in [0.4, 0.5) is 9.18 Å². The van der Waals surface area contributed by atoms with Crippen LogP contribution in [-0.2, 0) is 0 Å². The van der Waals surface area contributed by atoms with Crippen LogP contribution in [0.15, 0.2) is 42.9 Å². The zero-order valence-corrected chi connectivity index (χ0v) is 13.3. The first-order valence-electron chi connectivity index (χ1n) is 7.28. The van der Waals surface area contributed by atoms with Gasteiger partial charge in [-0.1, -0.05) is 0 Å². The van der Waals surface area contributed by atoms with Crippen LogP contribution < -0.4 is 10.1 Å². The van der Waals surface area contributed by atoms with E-state index in [-0.39, 0.29) is 11.6 Å². The van der Waals surface area contributed by atoms with E-state index in [1.54, 1.807) is 5.32 Å². The molecule has 0 bridgehead atoms. The van der Waals surface area contributed by atoms with Crippen molar-refractivity contribution in [2.24, 2.45) is 0 Å². The molecule has 0 radical (unpaired) electrons. The van der Waals surface area contributed by atoms with Crippen molar-refractivity contribution in [2.75, 3.05) is 0 Å². The van der Waals surface area contributed by atoms with Gasteiger partial charge in [0, 0.05) is 23.9 Å². The molecule has 10 nitrogen and oxygen atoms in total. The van der Waals surface area contributed by atoms with Gasteiger partial charge in [-0.15, -0.1) is 10.2 Å². The molecule has 136 valence electrons. The molecule has 0 saturated heterocycles. The second-order valence-electron chi connectivity index (χ2n) is 5.05.